The van der Waals surface area contributed by atoms with Gasteiger partial charge < -0.3 is 5.73 Å². The minimum absolute atomic E-state index is 0.111. The quantitative estimate of drug-likeness (QED) is 0.859. The average molecular weight is 293 g/mol. The second-order valence-corrected chi connectivity index (χ2v) is 6.87. The zero-order chi connectivity index (χ0) is 14.8. The minimum Gasteiger partial charge on any atom is -0.399 e. The van der Waals surface area contributed by atoms with Crippen LogP contribution in [0.3, 0.4) is 0 Å². The van der Waals surface area contributed by atoms with Crippen molar-refractivity contribution in [2.45, 2.75) is 37.0 Å². The number of nitrogens with zero attached hydrogens (tertiary/aromatic N) is 2. The zero-order valence-corrected chi connectivity index (χ0v) is 12.5. The van der Waals surface area contributed by atoms with Crippen molar-refractivity contribution in [2.75, 3.05) is 5.73 Å². The molecule has 0 fully saturated rings. The van der Waals surface area contributed by atoms with E-state index >= 15 is 0 Å². The highest BCUT2D eigenvalue weighted by Crippen LogP contribution is 2.18. The molecule has 1 unspecified atom stereocenters. The van der Waals surface area contributed by atoms with Gasteiger partial charge in [0.1, 0.15) is 0 Å². The van der Waals surface area contributed by atoms with Crippen LogP contribution in [-0.2, 0) is 15.6 Å². The summed E-state index contributed by atoms with van der Waals surface area (Å²) in [5.74, 6) is -0.111. The molecule has 6 heteroatoms. The van der Waals surface area contributed by atoms with Crippen molar-refractivity contribution < 1.29 is 8.42 Å². The number of nitrogen functional groups attached to an aromatic ring is 1. The number of hydrogen-bond acceptors (Lipinski definition) is 4. The molecule has 0 saturated heterocycles. The Morgan fingerprint density at radius 1 is 1.35 bits per heavy atom. The third-order valence-electron chi connectivity index (χ3n) is 3.26. The van der Waals surface area contributed by atoms with E-state index in [1.54, 1.807) is 28.9 Å². The van der Waals surface area contributed by atoms with E-state index in [0.717, 1.165) is 6.42 Å². The Kier molecular flexibility index (Phi) is 4.13. The zero-order valence-electron chi connectivity index (χ0n) is 11.7. The van der Waals surface area contributed by atoms with Crippen molar-refractivity contribution in [3.8, 4) is 0 Å². The van der Waals surface area contributed by atoms with Gasteiger partial charge in [-0.25, -0.2) is 8.42 Å². The smallest absolute Gasteiger partial charge is 0.184 e. The minimum atomic E-state index is -3.41. The highest BCUT2D eigenvalue weighted by Gasteiger charge is 2.17. The summed E-state index contributed by atoms with van der Waals surface area (Å²) >= 11 is 0. The predicted octanol–water partition coefficient (Wildman–Crippen LogP) is 2.41. The second kappa shape index (κ2) is 5.66. The molecule has 1 aromatic heterocycles. The normalized spacial score (nSPS) is 13.3. The van der Waals surface area contributed by atoms with Gasteiger partial charge in [-0.05, 0) is 37.6 Å². The molecule has 2 N–H and O–H groups in total. The van der Waals surface area contributed by atoms with Crippen LogP contribution in [-0.4, -0.2) is 18.2 Å². The SMILES string of the molecule is CCC(C)n1ccc(CS(=O)(=O)c2cccc(N)c2)n1. The maximum absolute atomic E-state index is 12.3. The van der Waals surface area contributed by atoms with Crippen LogP contribution in [0.1, 0.15) is 32.0 Å². The first-order valence-electron chi connectivity index (χ1n) is 6.54. The van der Waals surface area contributed by atoms with Crippen LogP contribution in [0.15, 0.2) is 41.4 Å². The molecule has 0 spiro atoms. The molecule has 5 nitrogen and oxygen atoms in total. The van der Waals surface area contributed by atoms with E-state index in [2.05, 4.69) is 12.0 Å². The van der Waals surface area contributed by atoms with E-state index < -0.39 is 9.84 Å². The molecule has 2 aromatic rings. The Morgan fingerprint density at radius 2 is 2.10 bits per heavy atom. The monoisotopic (exact) mass is 293 g/mol. The Morgan fingerprint density at radius 3 is 2.75 bits per heavy atom. The average Bonchev–Trinajstić information content (AvgIpc) is 2.85. The standard InChI is InChI=1S/C14H19N3O2S/c1-3-11(2)17-8-7-13(16-17)10-20(18,19)14-6-4-5-12(15)9-14/h4-9,11H,3,10,15H2,1-2H3. The van der Waals surface area contributed by atoms with Gasteiger partial charge in [0.15, 0.2) is 9.84 Å². The highest BCUT2D eigenvalue weighted by molar-refractivity contribution is 7.90. The van der Waals surface area contributed by atoms with Crippen LogP contribution in [0, 0.1) is 0 Å². The van der Waals surface area contributed by atoms with Crippen molar-refractivity contribution in [3.63, 3.8) is 0 Å². The number of anilines is 1. The van der Waals surface area contributed by atoms with Gasteiger partial charge in [0.05, 0.1) is 16.3 Å². The Labute approximate surface area is 119 Å². The molecule has 0 aliphatic rings. The van der Waals surface area contributed by atoms with Gasteiger partial charge in [0.25, 0.3) is 0 Å². The van der Waals surface area contributed by atoms with Crippen molar-refractivity contribution in [1.29, 1.82) is 0 Å². The van der Waals surface area contributed by atoms with Gasteiger partial charge >= 0.3 is 0 Å². The van der Waals surface area contributed by atoms with E-state index in [-0.39, 0.29) is 16.7 Å². The third kappa shape index (κ3) is 3.19. The summed E-state index contributed by atoms with van der Waals surface area (Å²) in [5.41, 5.74) is 6.62. The Hall–Kier alpha value is -1.82. The van der Waals surface area contributed by atoms with Crippen LogP contribution in [0.25, 0.3) is 0 Å². The van der Waals surface area contributed by atoms with E-state index in [9.17, 15) is 8.42 Å². The van der Waals surface area contributed by atoms with Gasteiger partial charge in [0, 0.05) is 17.9 Å². The molecule has 1 aromatic carbocycles. The molecule has 0 radical (unpaired) electrons. The third-order valence-corrected chi connectivity index (χ3v) is 4.91. The molecular formula is C14H19N3O2S. The summed E-state index contributed by atoms with van der Waals surface area (Å²) < 4.78 is 26.4. The Balaban J connectivity index is 2.22. The van der Waals surface area contributed by atoms with Crippen LogP contribution >= 0.6 is 0 Å². The summed E-state index contributed by atoms with van der Waals surface area (Å²) in [6, 6.07) is 8.34. The fourth-order valence-corrected chi connectivity index (χ4v) is 3.18. The fourth-order valence-electron chi connectivity index (χ4n) is 1.87. The van der Waals surface area contributed by atoms with Gasteiger partial charge in [-0.15, -0.1) is 0 Å². The summed E-state index contributed by atoms with van der Waals surface area (Å²) in [5, 5.41) is 4.32. The second-order valence-electron chi connectivity index (χ2n) is 4.88. The lowest BCUT2D eigenvalue weighted by Gasteiger charge is -2.08. The number of sulfone groups is 1. The van der Waals surface area contributed by atoms with Crippen LogP contribution in [0.4, 0.5) is 5.69 Å². The van der Waals surface area contributed by atoms with Crippen LogP contribution < -0.4 is 5.73 Å². The van der Waals surface area contributed by atoms with Crippen molar-refractivity contribution in [1.82, 2.24) is 9.78 Å². The van der Waals surface area contributed by atoms with E-state index in [4.69, 9.17) is 5.73 Å². The maximum Gasteiger partial charge on any atom is 0.184 e. The van der Waals surface area contributed by atoms with E-state index in [0.29, 0.717) is 11.4 Å². The molecule has 2 rings (SSSR count). The van der Waals surface area contributed by atoms with Crippen molar-refractivity contribution >= 4 is 15.5 Å². The molecular weight excluding hydrogens is 274 g/mol. The molecule has 1 heterocycles. The first-order valence-corrected chi connectivity index (χ1v) is 8.20. The number of aromatic nitrogens is 2. The molecule has 0 amide bonds. The number of nitrogens with two attached hydrogens (primary N) is 1. The van der Waals surface area contributed by atoms with Gasteiger partial charge in [0.2, 0.25) is 0 Å². The van der Waals surface area contributed by atoms with Crippen molar-refractivity contribution in [3.05, 3.63) is 42.2 Å². The van der Waals surface area contributed by atoms with Gasteiger partial charge in [-0.2, -0.15) is 5.10 Å². The molecule has 0 aliphatic carbocycles. The first kappa shape index (κ1) is 14.6. The van der Waals surface area contributed by atoms with Crippen LogP contribution in [0.5, 0.6) is 0 Å². The molecule has 0 aliphatic heterocycles. The van der Waals surface area contributed by atoms with E-state index in [1.165, 1.54) is 6.07 Å². The number of rotatable bonds is 5. The molecule has 0 saturated carbocycles. The topological polar surface area (TPSA) is 78.0 Å². The number of benzene rings is 1. The molecule has 108 valence electrons. The lowest BCUT2D eigenvalue weighted by Crippen LogP contribution is -2.08. The van der Waals surface area contributed by atoms with Crippen LogP contribution in [0.2, 0.25) is 0 Å². The Bertz CT molecular complexity index is 692. The summed E-state index contributed by atoms with van der Waals surface area (Å²) in [4.78, 5) is 0.232. The number of hydrogen-bond donors (Lipinski definition) is 1. The fraction of sp³-hybridized carbons (Fsp3) is 0.357. The largest absolute Gasteiger partial charge is 0.399 e. The lowest BCUT2D eigenvalue weighted by atomic mass is 10.3. The summed E-state index contributed by atoms with van der Waals surface area (Å²) in [6.45, 7) is 4.11. The molecule has 1 atom stereocenters. The van der Waals surface area contributed by atoms with Gasteiger partial charge in [-0.3, -0.25) is 4.68 Å². The van der Waals surface area contributed by atoms with Crippen molar-refractivity contribution in [2.24, 2.45) is 0 Å². The molecule has 0 bridgehead atoms. The lowest BCUT2D eigenvalue weighted by molar-refractivity contribution is 0.475. The first-order chi connectivity index (χ1) is 9.42. The van der Waals surface area contributed by atoms with E-state index in [1.807, 2.05) is 13.1 Å². The predicted molar refractivity (Wildman–Crippen MR) is 79.0 cm³/mol. The molecule has 20 heavy (non-hydrogen) atoms. The summed E-state index contributed by atoms with van der Waals surface area (Å²) in [7, 11) is -3.41. The van der Waals surface area contributed by atoms with Gasteiger partial charge in [-0.1, -0.05) is 13.0 Å². The maximum atomic E-state index is 12.3. The highest BCUT2D eigenvalue weighted by atomic mass is 32.2. The summed E-state index contributed by atoms with van der Waals surface area (Å²) in [6.07, 6.45) is 2.77.